The molecule has 32 heavy (non-hydrogen) atoms. The van der Waals surface area contributed by atoms with E-state index in [0.717, 1.165) is 33.9 Å². The van der Waals surface area contributed by atoms with E-state index in [-0.39, 0.29) is 18.8 Å². The number of primary amides is 1. The minimum Gasteiger partial charge on any atom is -0.370 e. The Morgan fingerprint density at radius 3 is 2.47 bits per heavy atom. The minimum absolute atomic E-state index is 0.00836. The molecular formula is C25H24F2N4O. The first kappa shape index (κ1) is 21.6. The summed E-state index contributed by atoms with van der Waals surface area (Å²) < 4.78 is 27.6. The van der Waals surface area contributed by atoms with Gasteiger partial charge in [-0.1, -0.05) is 19.9 Å². The van der Waals surface area contributed by atoms with E-state index < -0.39 is 23.5 Å². The molecule has 1 aromatic carbocycles. The predicted molar refractivity (Wildman–Crippen MR) is 120 cm³/mol. The highest BCUT2D eigenvalue weighted by molar-refractivity contribution is 5.83. The highest BCUT2D eigenvalue weighted by Gasteiger charge is 2.23. The number of fused-ring (bicyclic) bond motifs is 1. The minimum atomic E-state index is -0.666. The van der Waals surface area contributed by atoms with E-state index in [1.54, 1.807) is 12.4 Å². The van der Waals surface area contributed by atoms with E-state index in [2.05, 4.69) is 23.8 Å². The van der Waals surface area contributed by atoms with E-state index in [0.29, 0.717) is 11.3 Å². The van der Waals surface area contributed by atoms with Gasteiger partial charge in [0.2, 0.25) is 5.91 Å². The fourth-order valence-corrected chi connectivity index (χ4v) is 3.97. The van der Waals surface area contributed by atoms with Gasteiger partial charge < -0.3 is 10.7 Å². The Hall–Kier alpha value is -3.61. The van der Waals surface area contributed by atoms with Crippen LogP contribution in [0.25, 0.3) is 22.2 Å². The highest BCUT2D eigenvalue weighted by atomic mass is 19.1. The monoisotopic (exact) mass is 434 g/mol. The quantitative estimate of drug-likeness (QED) is 0.418. The lowest BCUT2D eigenvalue weighted by Crippen LogP contribution is -2.18. The molecule has 164 valence electrons. The maximum Gasteiger partial charge on any atom is 0.218 e. The molecule has 0 spiro atoms. The van der Waals surface area contributed by atoms with Gasteiger partial charge in [0.1, 0.15) is 11.6 Å². The highest BCUT2D eigenvalue weighted by Crippen LogP contribution is 2.34. The second-order valence-corrected chi connectivity index (χ2v) is 8.31. The zero-order valence-electron chi connectivity index (χ0n) is 17.9. The van der Waals surface area contributed by atoms with Gasteiger partial charge in [0.05, 0.1) is 16.7 Å². The molecule has 4 aromatic rings. The van der Waals surface area contributed by atoms with Crippen molar-refractivity contribution in [3.8, 4) is 11.1 Å². The van der Waals surface area contributed by atoms with Gasteiger partial charge in [-0.3, -0.25) is 14.8 Å². The van der Waals surface area contributed by atoms with Crippen LogP contribution in [-0.4, -0.2) is 20.9 Å². The fourth-order valence-electron chi connectivity index (χ4n) is 3.97. The summed E-state index contributed by atoms with van der Waals surface area (Å²) in [6.45, 7) is 4.14. The number of benzene rings is 1. The van der Waals surface area contributed by atoms with Crippen LogP contribution in [0.1, 0.15) is 49.1 Å². The zero-order valence-corrected chi connectivity index (χ0v) is 17.9. The van der Waals surface area contributed by atoms with E-state index >= 15 is 0 Å². The van der Waals surface area contributed by atoms with Crippen molar-refractivity contribution in [2.24, 2.45) is 5.73 Å². The molecule has 1 atom stereocenters. The summed E-state index contributed by atoms with van der Waals surface area (Å²) in [4.78, 5) is 24.4. The van der Waals surface area contributed by atoms with Crippen molar-refractivity contribution in [1.29, 1.82) is 0 Å². The van der Waals surface area contributed by atoms with Gasteiger partial charge in [-0.2, -0.15) is 0 Å². The van der Waals surface area contributed by atoms with Crippen LogP contribution in [0.2, 0.25) is 0 Å². The van der Waals surface area contributed by atoms with Crippen LogP contribution in [-0.2, 0) is 11.2 Å². The largest absolute Gasteiger partial charge is 0.370 e. The van der Waals surface area contributed by atoms with Crippen molar-refractivity contribution >= 4 is 16.9 Å². The number of nitrogens with zero attached hydrogens (tertiary/aromatic N) is 2. The number of nitrogens with two attached hydrogens (primary N) is 1. The van der Waals surface area contributed by atoms with Crippen molar-refractivity contribution in [3.05, 3.63) is 83.4 Å². The van der Waals surface area contributed by atoms with Gasteiger partial charge in [0, 0.05) is 47.6 Å². The van der Waals surface area contributed by atoms with Crippen molar-refractivity contribution in [3.63, 3.8) is 0 Å². The molecule has 5 nitrogen and oxygen atoms in total. The number of amides is 1. The van der Waals surface area contributed by atoms with Crippen LogP contribution in [0, 0.1) is 11.6 Å². The average molecular weight is 434 g/mol. The number of aromatic nitrogens is 3. The summed E-state index contributed by atoms with van der Waals surface area (Å²) in [6, 6.07) is 11.1. The molecule has 4 rings (SSSR count). The third-order valence-corrected chi connectivity index (χ3v) is 5.49. The summed E-state index contributed by atoms with van der Waals surface area (Å²) in [5, 5.41) is 0. The van der Waals surface area contributed by atoms with Crippen molar-refractivity contribution in [2.45, 2.75) is 38.5 Å². The van der Waals surface area contributed by atoms with E-state index in [1.807, 2.05) is 24.3 Å². The number of rotatable bonds is 7. The number of carbonyl (C=O) groups excluding carboxylic acids is 1. The Kier molecular flexibility index (Phi) is 5.99. The molecule has 3 aromatic heterocycles. The maximum atomic E-state index is 13.8. The molecule has 0 aliphatic carbocycles. The number of aromatic amines is 1. The molecule has 0 bridgehead atoms. The smallest absolute Gasteiger partial charge is 0.218 e. The molecule has 3 N–H and O–H groups in total. The lowest BCUT2D eigenvalue weighted by Gasteiger charge is -2.19. The summed E-state index contributed by atoms with van der Waals surface area (Å²) in [6.07, 6.45) is 3.78. The molecule has 0 aliphatic rings. The van der Waals surface area contributed by atoms with Gasteiger partial charge >= 0.3 is 0 Å². The normalized spacial score (nSPS) is 12.4. The number of H-pyrrole nitrogens is 1. The van der Waals surface area contributed by atoms with E-state index in [4.69, 9.17) is 10.7 Å². The van der Waals surface area contributed by atoms with Crippen LogP contribution in [0.5, 0.6) is 0 Å². The van der Waals surface area contributed by atoms with Crippen molar-refractivity contribution in [2.75, 3.05) is 0 Å². The molecule has 7 heteroatoms. The number of hydrogen-bond acceptors (Lipinski definition) is 3. The summed E-state index contributed by atoms with van der Waals surface area (Å²) >= 11 is 0. The molecule has 0 fully saturated rings. The first-order valence-corrected chi connectivity index (χ1v) is 10.5. The third kappa shape index (κ3) is 4.66. The molecule has 0 saturated carbocycles. The Labute approximate surface area is 184 Å². The van der Waals surface area contributed by atoms with Crippen molar-refractivity contribution < 1.29 is 13.6 Å². The molecule has 3 heterocycles. The van der Waals surface area contributed by atoms with Gasteiger partial charge in [-0.25, -0.2) is 8.78 Å². The van der Waals surface area contributed by atoms with Gasteiger partial charge in [0.25, 0.3) is 0 Å². The summed E-state index contributed by atoms with van der Waals surface area (Å²) in [7, 11) is 0. The molecule has 1 amide bonds. The lowest BCUT2D eigenvalue weighted by molar-refractivity contribution is -0.118. The molecular weight excluding hydrogens is 410 g/mol. The van der Waals surface area contributed by atoms with E-state index in [9.17, 15) is 13.6 Å². The first-order valence-electron chi connectivity index (χ1n) is 10.5. The lowest BCUT2D eigenvalue weighted by atomic mass is 9.88. The van der Waals surface area contributed by atoms with Crippen molar-refractivity contribution in [1.82, 2.24) is 15.0 Å². The number of halogens is 2. The Morgan fingerprint density at radius 1 is 1.09 bits per heavy atom. The third-order valence-electron chi connectivity index (χ3n) is 5.49. The standard InChI is InChI=1S/C25H24F2N4O/c1-14(2)21-4-3-16(13-30-21)20-12-23-22(5-6-29-23)31-25(20)17(10-24(28)32)7-15-8-18(26)11-19(27)9-15/h3-6,8-9,11-14,17,29H,7,10H2,1-2H3,(H2,28,32)/t17-/m0/s1. The topological polar surface area (TPSA) is 84.7 Å². The SMILES string of the molecule is CC(C)c1ccc(-c2cc3[nH]ccc3nc2[C@H](CC(N)=O)Cc2cc(F)cc(F)c2)cn1. The number of carbonyl (C=O) groups is 1. The van der Waals surface area contributed by atoms with Crippen LogP contribution in [0.15, 0.2) is 54.9 Å². The Balaban J connectivity index is 1.84. The Morgan fingerprint density at radius 2 is 1.84 bits per heavy atom. The molecule has 0 aliphatic heterocycles. The number of nitrogens with one attached hydrogen (secondary N) is 1. The van der Waals surface area contributed by atoms with Gasteiger partial charge in [0.15, 0.2) is 0 Å². The fraction of sp³-hybridized carbons (Fsp3) is 0.240. The second-order valence-electron chi connectivity index (χ2n) is 8.31. The predicted octanol–water partition coefficient (Wildman–Crippen LogP) is 5.23. The molecule has 0 radical (unpaired) electrons. The van der Waals surface area contributed by atoms with Gasteiger partial charge in [-0.05, 0) is 48.2 Å². The maximum absolute atomic E-state index is 13.8. The summed E-state index contributed by atoms with van der Waals surface area (Å²) in [5.41, 5.74) is 10.8. The van der Waals surface area contributed by atoms with Crippen LogP contribution in [0.4, 0.5) is 8.78 Å². The van der Waals surface area contributed by atoms with Crippen LogP contribution < -0.4 is 5.73 Å². The average Bonchev–Trinajstić information content (AvgIpc) is 3.19. The Bertz CT molecular complexity index is 1240. The number of hydrogen-bond donors (Lipinski definition) is 2. The first-order chi connectivity index (χ1) is 15.3. The molecule has 0 unspecified atom stereocenters. The van der Waals surface area contributed by atoms with Crippen LogP contribution >= 0.6 is 0 Å². The number of pyridine rings is 2. The second kappa shape index (κ2) is 8.86. The van der Waals surface area contributed by atoms with Crippen LogP contribution in [0.3, 0.4) is 0 Å². The molecule has 0 saturated heterocycles. The summed E-state index contributed by atoms with van der Waals surface area (Å²) in [5.74, 6) is -2.02. The van der Waals surface area contributed by atoms with Gasteiger partial charge in [-0.15, -0.1) is 0 Å². The zero-order chi connectivity index (χ0) is 22.8. The van der Waals surface area contributed by atoms with E-state index in [1.165, 1.54) is 12.1 Å².